The molecule has 2 aromatic carbocycles. The third kappa shape index (κ3) is 6.39. The maximum absolute atomic E-state index is 12.9. The largest absolute Gasteiger partial charge is 0.494 e. The molecule has 1 aromatic heterocycles. The highest BCUT2D eigenvalue weighted by atomic mass is 32.1. The lowest BCUT2D eigenvalue weighted by Crippen LogP contribution is -2.35. The van der Waals surface area contributed by atoms with Crippen LogP contribution >= 0.6 is 11.3 Å². The molecule has 2 amide bonds. The molecule has 3 aromatic rings. The van der Waals surface area contributed by atoms with Crippen LogP contribution in [-0.2, 0) is 4.79 Å². The maximum Gasteiger partial charge on any atom is 0.263 e. The number of carbonyl (C=O) groups is 2. The van der Waals surface area contributed by atoms with Gasteiger partial charge in [0.25, 0.3) is 5.91 Å². The first-order valence-corrected chi connectivity index (χ1v) is 12.9. The van der Waals surface area contributed by atoms with Crippen LogP contribution in [0.4, 0.5) is 11.4 Å². The fourth-order valence-electron chi connectivity index (χ4n) is 4.18. The molecule has 7 nitrogen and oxygen atoms in total. The number of aromatic nitrogens is 1. The van der Waals surface area contributed by atoms with E-state index in [-0.39, 0.29) is 24.3 Å². The standard InChI is InChI=1S/C27H32N4O3S/c1-4-34-23-12-10-20(11-13-23)27-29-19(3)25(35-27)26(33)28-18(2)16-24(32)30-21-8-7-9-22(17-21)31-14-5-6-15-31/h7-13,17-18H,4-6,14-16H2,1-3H3,(H,28,33)(H,30,32). The summed E-state index contributed by atoms with van der Waals surface area (Å²) in [5, 5.41) is 6.68. The van der Waals surface area contributed by atoms with Crippen LogP contribution < -0.4 is 20.3 Å². The molecule has 1 atom stereocenters. The summed E-state index contributed by atoms with van der Waals surface area (Å²) in [6.45, 7) is 8.33. The Balaban J connectivity index is 1.33. The number of anilines is 2. The third-order valence-corrected chi connectivity index (χ3v) is 7.09. The van der Waals surface area contributed by atoms with Gasteiger partial charge in [-0.1, -0.05) is 6.07 Å². The third-order valence-electron chi connectivity index (χ3n) is 5.89. The summed E-state index contributed by atoms with van der Waals surface area (Å²) >= 11 is 1.35. The summed E-state index contributed by atoms with van der Waals surface area (Å²) in [5.41, 5.74) is 3.51. The number of rotatable bonds is 9. The van der Waals surface area contributed by atoms with Crippen LogP contribution in [0, 0.1) is 6.92 Å². The number of hydrogen-bond donors (Lipinski definition) is 2. The molecule has 2 N–H and O–H groups in total. The molecule has 0 aliphatic carbocycles. The van der Waals surface area contributed by atoms with E-state index in [1.54, 1.807) is 0 Å². The molecule has 1 unspecified atom stereocenters. The predicted molar refractivity (Wildman–Crippen MR) is 142 cm³/mol. The smallest absolute Gasteiger partial charge is 0.263 e. The Morgan fingerprint density at radius 2 is 1.89 bits per heavy atom. The first-order chi connectivity index (χ1) is 16.9. The van der Waals surface area contributed by atoms with Crippen molar-refractivity contribution >= 4 is 34.5 Å². The highest BCUT2D eigenvalue weighted by Crippen LogP contribution is 2.29. The summed E-state index contributed by atoms with van der Waals surface area (Å²) in [5.74, 6) is 0.457. The molecule has 1 fully saturated rings. The monoisotopic (exact) mass is 492 g/mol. The van der Waals surface area contributed by atoms with Crippen molar-refractivity contribution in [1.82, 2.24) is 10.3 Å². The zero-order valence-electron chi connectivity index (χ0n) is 20.5. The van der Waals surface area contributed by atoms with Crippen molar-refractivity contribution in [2.75, 3.05) is 29.9 Å². The van der Waals surface area contributed by atoms with Gasteiger partial charge in [0.05, 0.1) is 12.3 Å². The van der Waals surface area contributed by atoms with E-state index in [1.165, 1.54) is 24.2 Å². The molecular formula is C27H32N4O3S. The van der Waals surface area contributed by atoms with E-state index in [4.69, 9.17) is 4.74 Å². The summed E-state index contributed by atoms with van der Waals surface area (Å²) in [4.78, 5) is 33.0. The Kier molecular flexibility index (Phi) is 8.02. The minimum absolute atomic E-state index is 0.132. The number of benzene rings is 2. The van der Waals surface area contributed by atoms with Crippen molar-refractivity contribution < 1.29 is 14.3 Å². The van der Waals surface area contributed by atoms with Gasteiger partial charge in [-0.15, -0.1) is 11.3 Å². The number of carbonyl (C=O) groups excluding carboxylic acids is 2. The van der Waals surface area contributed by atoms with Gasteiger partial charge in [0.1, 0.15) is 15.6 Å². The molecule has 35 heavy (non-hydrogen) atoms. The van der Waals surface area contributed by atoms with E-state index in [0.717, 1.165) is 40.8 Å². The minimum Gasteiger partial charge on any atom is -0.494 e. The molecule has 0 saturated carbocycles. The normalized spacial score (nSPS) is 14.0. The second kappa shape index (κ2) is 11.4. The van der Waals surface area contributed by atoms with Crippen LogP contribution in [0.3, 0.4) is 0 Å². The Morgan fingerprint density at radius 1 is 1.14 bits per heavy atom. The minimum atomic E-state index is -0.320. The first kappa shape index (κ1) is 24.7. The summed E-state index contributed by atoms with van der Waals surface area (Å²) < 4.78 is 5.49. The van der Waals surface area contributed by atoms with E-state index in [1.807, 2.05) is 63.2 Å². The van der Waals surface area contributed by atoms with Crippen LogP contribution in [-0.4, -0.2) is 42.5 Å². The summed E-state index contributed by atoms with van der Waals surface area (Å²) in [7, 11) is 0. The number of thiazole rings is 1. The molecule has 2 heterocycles. The highest BCUT2D eigenvalue weighted by molar-refractivity contribution is 7.17. The van der Waals surface area contributed by atoms with Gasteiger partial charge < -0.3 is 20.3 Å². The van der Waals surface area contributed by atoms with Gasteiger partial charge in [-0.25, -0.2) is 4.98 Å². The van der Waals surface area contributed by atoms with Crippen LogP contribution in [0.1, 0.15) is 48.5 Å². The predicted octanol–water partition coefficient (Wildman–Crippen LogP) is 5.26. The number of nitrogens with zero attached hydrogens (tertiary/aromatic N) is 2. The van der Waals surface area contributed by atoms with E-state index in [2.05, 4.69) is 26.6 Å². The van der Waals surface area contributed by atoms with Gasteiger partial charge in [0.15, 0.2) is 0 Å². The fourth-order valence-corrected chi connectivity index (χ4v) is 5.15. The second-order valence-electron chi connectivity index (χ2n) is 8.76. The second-order valence-corrected chi connectivity index (χ2v) is 9.76. The van der Waals surface area contributed by atoms with Gasteiger partial charge in [0, 0.05) is 42.5 Å². The quantitative estimate of drug-likeness (QED) is 0.425. The van der Waals surface area contributed by atoms with Crippen LogP contribution in [0.5, 0.6) is 5.75 Å². The molecule has 0 radical (unpaired) electrons. The van der Waals surface area contributed by atoms with Crippen LogP contribution in [0.15, 0.2) is 48.5 Å². The number of nitrogens with one attached hydrogen (secondary N) is 2. The number of aryl methyl sites for hydroxylation is 1. The maximum atomic E-state index is 12.9. The summed E-state index contributed by atoms with van der Waals surface area (Å²) in [6, 6.07) is 15.3. The first-order valence-electron chi connectivity index (χ1n) is 12.1. The van der Waals surface area contributed by atoms with E-state index in [0.29, 0.717) is 17.2 Å². The van der Waals surface area contributed by atoms with Crippen molar-refractivity contribution in [3.05, 3.63) is 59.1 Å². The topological polar surface area (TPSA) is 83.6 Å². The SMILES string of the molecule is CCOc1ccc(-c2nc(C)c(C(=O)NC(C)CC(=O)Nc3cccc(N4CCCC4)c3)s2)cc1. The summed E-state index contributed by atoms with van der Waals surface area (Å²) in [6.07, 6.45) is 2.59. The lowest BCUT2D eigenvalue weighted by atomic mass is 10.2. The highest BCUT2D eigenvalue weighted by Gasteiger charge is 2.20. The molecule has 1 aliphatic heterocycles. The lowest BCUT2D eigenvalue weighted by Gasteiger charge is -2.19. The lowest BCUT2D eigenvalue weighted by molar-refractivity contribution is -0.116. The number of amides is 2. The van der Waals surface area contributed by atoms with Gasteiger partial charge in [-0.2, -0.15) is 0 Å². The Hall–Kier alpha value is -3.39. The van der Waals surface area contributed by atoms with Crippen molar-refractivity contribution in [2.24, 2.45) is 0 Å². The van der Waals surface area contributed by atoms with E-state index < -0.39 is 0 Å². The molecule has 4 rings (SSSR count). The van der Waals surface area contributed by atoms with Gasteiger partial charge in [0.2, 0.25) is 5.91 Å². The Bertz CT molecular complexity index is 1170. The zero-order chi connectivity index (χ0) is 24.8. The van der Waals surface area contributed by atoms with Gasteiger partial charge in [-0.3, -0.25) is 9.59 Å². The molecular weight excluding hydrogens is 460 g/mol. The molecule has 0 spiro atoms. The van der Waals surface area contributed by atoms with Gasteiger partial charge in [-0.05, 0) is 76.1 Å². The van der Waals surface area contributed by atoms with E-state index >= 15 is 0 Å². The molecule has 8 heteroatoms. The van der Waals surface area contributed by atoms with Crippen molar-refractivity contribution in [2.45, 2.75) is 46.1 Å². The molecule has 1 saturated heterocycles. The Morgan fingerprint density at radius 3 is 2.60 bits per heavy atom. The van der Waals surface area contributed by atoms with Gasteiger partial charge >= 0.3 is 0 Å². The molecule has 184 valence electrons. The molecule has 0 bridgehead atoms. The Labute approximate surface area is 210 Å². The average molecular weight is 493 g/mol. The number of hydrogen-bond acceptors (Lipinski definition) is 6. The van der Waals surface area contributed by atoms with Crippen LogP contribution in [0.2, 0.25) is 0 Å². The molecule has 1 aliphatic rings. The van der Waals surface area contributed by atoms with Crippen molar-refractivity contribution in [3.63, 3.8) is 0 Å². The van der Waals surface area contributed by atoms with Crippen molar-refractivity contribution in [3.8, 4) is 16.3 Å². The van der Waals surface area contributed by atoms with Crippen LogP contribution in [0.25, 0.3) is 10.6 Å². The van der Waals surface area contributed by atoms with E-state index in [9.17, 15) is 9.59 Å². The fraction of sp³-hybridized carbons (Fsp3) is 0.370. The van der Waals surface area contributed by atoms with Crippen molar-refractivity contribution in [1.29, 1.82) is 0 Å². The average Bonchev–Trinajstić information content (AvgIpc) is 3.50. The number of ether oxygens (including phenoxy) is 1. The zero-order valence-corrected chi connectivity index (χ0v) is 21.3.